The number of hydrogen-bond donors (Lipinski definition) is 1. The van der Waals surface area contributed by atoms with E-state index in [2.05, 4.69) is 21.2 Å². The Morgan fingerprint density at radius 2 is 1.52 bits per heavy atom. The van der Waals surface area contributed by atoms with Crippen LogP contribution >= 0.6 is 28.1 Å². The van der Waals surface area contributed by atoms with Crippen LogP contribution in [0.25, 0.3) is 6.08 Å². The first-order valence-electron chi connectivity index (χ1n) is 13.8. The van der Waals surface area contributed by atoms with Crippen molar-refractivity contribution in [2.75, 3.05) is 18.6 Å². The second kappa shape index (κ2) is 14.2. The third-order valence-corrected chi connectivity index (χ3v) is 7.48. The SMILES string of the molecule is CCOc1cc(COc2c(Br)cc(/C=C3/C(=O)NC(=S)N(c4ccccc4)C3=O)cc2OC)ccc1OCc1ccccc1. The molecule has 1 heterocycles. The van der Waals surface area contributed by atoms with Crippen LogP contribution in [0.1, 0.15) is 23.6 Å². The summed E-state index contributed by atoms with van der Waals surface area (Å²) in [7, 11) is 1.52. The topological polar surface area (TPSA) is 86.3 Å². The monoisotopic (exact) mass is 672 g/mol. The number of para-hydroxylation sites is 1. The number of nitrogens with zero attached hydrogens (tertiary/aromatic N) is 1. The molecule has 0 unspecified atom stereocenters. The highest BCUT2D eigenvalue weighted by Gasteiger charge is 2.34. The van der Waals surface area contributed by atoms with Crippen LogP contribution in [0.4, 0.5) is 5.69 Å². The lowest BCUT2D eigenvalue weighted by Gasteiger charge is -2.28. The predicted molar refractivity (Wildman–Crippen MR) is 176 cm³/mol. The third-order valence-electron chi connectivity index (χ3n) is 6.61. The van der Waals surface area contributed by atoms with Gasteiger partial charge in [0, 0.05) is 0 Å². The number of anilines is 1. The van der Waals surface area contributed by atoms with E-state index in [9.17, 15) is 9.59 Å². The molecule has 1 fully saturated rings. The van der Waals surface area contributed by atoms with Gasteiger partial charge in [-0.05, 0) is 94.2 Å². The Kier molecular flexibility index (Phi) is 9.93. The van der Waals surface area contributed by atoms with Gasteiger partial charge in [-0.15, -0.1) is 0 Å². The number of methoxy groups -OCH3 is 1. The lowest BCUT2D eigenvalue weighted by atomic mass is 10.1. The van der Waals surface area contributed by atoms with Crippen LogP contribution in [0.2, 0.25) is 0 Å². The lowest BCUT2D eigenvalue weighted by Crippen LogP contribution is -2.54. The summed E-state index contributed by atoms with van der Waals surface area (Å²) < 4.78 is 24.2. The molecule has 0 aliphatic carbocycles. The fourth-order valence-electron chi connectivity index (χ4n) is 4.52. The fourth-order valence-corrected chi connectivity index (χ4v) is 5.37. The molecule has 44 heavy (non-hydrogen) atoms. The Morgan fingerprint density at radius 3 is 2.23 bits per heavy atom. The molecule has 0 saturated carbocycles. The normalized spacial score (nSPS) is 13.9. The molecular formula is C34H29BrN2O6S. The minimum atomic E-state index is -0.580. The molecule has 0 spiro atoms. The van der Waals surface area contributed by atoms with Crippen molar-refractivity contribution in [3.63, 3.8) is 0 Å². The number of thiocarbonyl (C=S) groups is 1. The van der Waals surface area contributed by atoms with Gasteiger partial charge in [-0.1, -0.05) is 54.6 Å². The Hall–Kier alpha value is -4.67. The van der Waals surface area contributed by atoms with E-state index in [-0.39, 0.29) is 17.3 Å². The highest BCUT2D eigenvalue weighted by molar-refractivity contribution is 9.10. The molecule has 4 aromatic rings. The first-order valence-corrected chi connectivity index (χ1v) is 15.0. The van der Waals surface area contributed by atoms with Crippen LogP contribution in [-0.4, -0.2) is 30.6 Å². The maximum absolute atomic E-state index is 13.4. The molecule has 0 radical (unpaired) electrons. The van der Waals surface area contributed by atoms with E-state index in [0.29, 0.717) is 51.9 Å². The van der Waals surface area contributed by atoms with Crippen LogP contribution in [0.15, 0.2) is 101 Å². The number of ether oxygens (including phenoxy) is 4. The van der Waals surface area contributed by atoms with Crippen LogP contribution in [0, 0.1) is 0 Å². The van der Waals surface area contributed by atoms with Crippen molar-refractivity contribution in [1.29, 1.82) is 0 Å². The van der Waals surface area contributed by atoms with Gasteiger partial charge >= 0.3 is 0 Å². The largest absolute Gasteiger partial charge is 0.493 e. The minimum Gasteiger partial charge on any atom is -0.493 e. The smallest absolute Gasteiger partial charge is 0.270 e. The van der Waals surface area contributed by atoms with E-state index in [1.54, 1.807) is 36.4 Å². The quantitative estimate of drug-likeness (QED) is 0.106. The number of amides is 2. The maximum atomic E-state index is 13.4. The zero-order valence-corrected chi connectivity index (χ0v) is 26.4. The highest BCUT2D eigenvalue weighted by atomic mass is 79.9. The molecule has 1 N–H and O–H groups in total. The summed E-state index contributed by atoms with van der Waals surface area (Å²) in [6.07, 6.45) is 1.50. The number of benzene rings is 4. The van der Waals surface area contributed by atoms with E-state index >= 15 is 0 Å². The summed E-state index contributed by atoms with van der Waals surface area (Å²) in [5, 5.41) is 2.62. The van der Waals surface area contributed by atoms with Crippen molar-refractivity contribution in [3.05, 3.63) is 118 Å². The van der Waals surface area contributed by atoms with Gasteiger partial charge in [0.15, 0.2) is 28.1 Å². The standard InChI is InChI=1S/C34H29BrN2O6S/c1-3-41-29-18-23(14-15-28(29)42-20-22-10-6-4-7-11-22)21-43-31-27(35)17-24(19-30(31)40-2)16-26-32(38)36-34(44)37(33(26)39)25-12-8-5-9-13-25/h4-19H,3,20-21H2,1-2H3,(H,36,38,44)/b26-16-. The summed E-state index contributed by atoms with van der Waals surface area (Å²) in [5.41, 5.74) is 2.97. The second-order valence-electron chi connectivity index (χ2n) is 9.60. The van der Waals surface area contributed by atoms with E-state index < -0.39 is 11.8 Å². The zero-order chi connectivity index (χ0) is 31.1. The molecule has 0 aromatic heterocycles. The van der Waals surface area contributed by atoms with Crippen molar-refractivity contribution < 1.29 is 28.5 Å². The van der Waals surface area contributed by atoms with E-state index in [0.717, 1.165) is 11.1 Å². The van der Waals surface area contributed by atoms with Crippen LogP contribution in [0.5, 0.6) is 23.0 Å². The lowest BCUT2D eigenvalue weighted by molar-refractivity contribution is -0.122. The first-order chi connectivity index (χ1) is 21.4. The van der Waals surface area contributed by atoms with Gasteiger partial charge in [-0.3, -0.25) is 19.8 Å². The van der Waals surface area contributed by atoms with Crippen molar-refractivity contribution in [2.24, 2.45) is 0 Å². The average Bonchev–Trinajstić information content (AvgIpc) is 3.03. The number of carbonyl (C=O) groups is 2. The number of carbonyl (C=O) groups excluding carboxylic acids is 2. The molecule has 224 valence electrons. The third kappa shape index (κ3) is 7.10. The van der Waals surface area contributed by atoms with Crippen molar-refractivity contribution in [1.82, 2.24) is 5.32 Å². The maximum Gasteiger partial charge on any atom is 0.270 e. The number of hydrogen-bond acceptors (Lipinski definition) is 7. The van der Waals surface area contributed by atoms with Crippen LogP contribution < -0.4 is 29.2 Å². The van der Waals surface area contributed by atoms with E-state index in [1.807, 2.05) is 61.5 Å². The van der Waals surface area contributed by atoms with Gasteiger partial charge in [0.25, 0.3) is 11.8 Å². The first kappa shape index (κ1) is 30.8. The Labute approximate surface area is 269 Å². The summed E-state index contributed by atoms with van der Waals surface area (Å²) in [6, 6.07) is 27.9. The predicted octanol–water partition coefficient (Wildman–Crippen LogP) is 6.85. The summed E-state index contributed by atoms with van der Waals surface area (Å²) in [6.45, 7) is 3.05. The Balaban J connectivity index is 1.34. The number of rotatable bonds is 11. The molecule has 0 atom stereocenters. The zero-order valence-electron chi connectivity index (χ0n) is 24.0. The number of halogens is 1. The average molecular weight is 674 g/mol. The molecule has 0 bridgehead atoms. The molecule has 10 heteroatoms. The Bertz CT molecular complexity index is 1710. The molecule has 5 rings (SSSR count). The summed E-state index contributed by atoms with van der Waals surface area (Å²) in [5.74, 6) is 1.03. The van der Waals surface area contributed by atoms with Gasteiger partial charge in [0.05, 0.1) is 23.9 Å². The van der Waals surface area contributed by atoms with Gasteiger partial charge in [-0.25, -0.2) is 0 Å². The van der Waals surface area contributed by atoms with E-state index in [1.165, 1.54) is 18.1 Å². The van der Waals surface area contributed by atoms with Gasteiger partial charge in [-0.2, -0.15) is 0 Å². The van der Waals surface area contributed by atoms with E-state index in [4.69, 9.17) is 31.2 Å². The van der Waals surface area contributed by atoms with Crippen LogP contribution in [0.3, 0.4) is 0 Å². The van der Waals surface area contributed by atoms with Crippen molar-refractivity contribution >= 4 is 56.8 Å². The summed E-state index contributed by atoms with van der Waals surface area (Å²) >= 11 is 8.84. The highest BCUT2D eigenvalue weighted by Crippen LogP contribution is 2.38. The van der Waals surface area contributed by atoms with Gasteiger partial charge < -0.3 is 18.9 Å². The molecule has 2 amide bonds. The number of nitrogens with one attached hydrogen (secondary N) is 1. The van der Waals surface area contributed by atoms with Crippen molar-refractivity contribution in [3.8, 4) is 23.0 Å². The molecule has 1 saturated heterocycles. The molecule has 8 nitrogen and oxygen atoms in total. The minimum absolute atomic E-state index is 0.0224. The fraction of sp³-hybridized carbons (Fsp3) is 0.147. The van der Waals surface area contributed by atoms with Crippen molar-refractivity contribution in [2.45, 2.75) is 20.1 Å². The second-order valence-corrected chi connectivity index (χ2v) is 10.8. The molecule has 1 aliphatic rings. The van der Waals surface area contributed by atoms with Crippen LogP contribution in [-0.2, 0) is 22.8 Å². The molecule has 4 aromatic carbocycles. The van der Waals surface area contributed by atoms with Gasteiger partial charge in [0.1, 0.15) is 18.8 Å². The summed E-state index contributed by atoms with van der Waals surface area (Å²) in [4.78, 5) is 27.4. The van der Waals surface area contributed by atoms with Gasteiger partial charge in [0.2, 0.25) is 0 Å². The molecule has 1 aliphatic heterocycles. The molecular weight excluding hydrogens is 644 g/mol. The Morgan fingerprint density at radius 1 is 0.818 bits per heavy atom.